The van der Waals surface area contributed by atoms with Gasteiger partial charge in [-0.05, 0) is 49.4 Å². The van der Waals surface area contributed by atoms with E-state index in [2.05, 4.69) is 27.6 Å². The molecule has 28 heavy (non-hydrogen) atoms. The van der Waals surface area contributed by atoms with E-state index in [9.17, 15) is 14.9 Å². The largest absolute Gasteiger partial charge is 0.372 e. The highest BCUT2D eigenvalue weighted by Crippen LogP contribution is 2.22. The third-order valence-electron chi connectivity index (χ3n) is 4.91. The van der Waals surface area contributed by atoms with Gasteiger partial charge in [0, 0.05) is 30.4 Å². The van der Waals surface area contributed by atoms with Crippen LogP contribution in [0.15, 0.2) is 47.6 Å². The van der Waals surface area contributed by atoms with Crippen molar-refractivity contribution in [1.82, 2.24) is 5.43 Å². The van der Waals surface area contributed by atoms with Gasteiger partial charge in [-0.3, -0.25) is 14.9 Å². The molecule has 0 unspecified atom stereocenters. The van der Waals surface area contributed by atoms with Gasteiger partial charge in [-0.1, -0.05) is 24.3 Å². The second-order valence-corrected chi connectivity index (χ2v) is 6.94. The number of amides is 1. The molecule has 0 radical (unpaired) electrons. The summed E-state index contributed by atoms with van der Waals surface area (Å²) in [6.45, 7) is 4.20. The number of carbonyl (C=O) groups is 1. The summed E-state index contributed by atoms with van der Waals surface area (Å²) in [6, 6.07) is 12.4. The number of nitrogens with one attached hydrogen (secondary N) is 1. The number of para-hydroxylation sites is 1. The van der Waals surface area contributed by atoms with Crippen molar-refractivity contribution in [3.05, 3.63) is 69.3 Å². The number of aryl methyl sites for hydroxylation is 1. The second kappa shape index (κ2) is 9.12. The maximum atomic E-state index is 12.1. The summed E-state index contributed by atoms with van der Waals surface area (Å²) in [5.41, 5.74) is 5.97. The fraction of sp³-hybridized carbons (Fsp3) is 0.333. The Bertz CT molecular complexity index is 889. The van der Waals surface area contributed by atoms with Gasteiger partial charge in [0.2, 0.25) is 5.91 Å². The summed E-state index contributed by atoms with van der Waals surface area (Å²) in [7, 11) is 0. The van der Waals surface area contributed by atoms with E-state index in [0.29, 0.717) is 5.56 Å². The number of nitrogens with zero attached hydrogens (tertiary/aromatic N) is 3. The zero-order valence-corrected chi connectivity index (χ0v) is 15.9. The minimum atomic E-state index is -0.487. The molecule has 3 rings (SSSR count). The smallest absolute Gasteiger partial charge is 0.273 e. The number of hydrogen-bond acceptors (Lipinski definition) is 5. The van der Waals surface area contributed by atoms with Crippen molar-refractivity contribution in [3.8, 4) is 0 Å². The lowest BCUT2D eigenvalue weighted by Crippen LogP contribution is -2.29. The first-order valence-corrected chi connectivity index (χ1v) is 9.44. The van der Waals surface area contributed by atoms with Crippen LogP contribution in [-0.2, 0) is 11.2 Å². The summed E-state index contributed by atoms with van der Waals surface area (Å²) in [4.78, 5) is 25.0. The van der Waals surface area contributed by atoms with Crippen LogP contribution in [0.2, 0.25) is 0 Å². The predicted molar refractivity (Wildman–Crippen MR) is 110 cm³/mol. The van der Waals surface area contributed by atoms with Gasteiger partial charge < -0.3 is 4.90 Å². The molecule has 1 fully saturated rings. The number of nitro benzene ring substituents is 1. The maximum Gasteiger partial charge on any atom is 0.273 e. The molecule has 7 nitrogen and oxygen atoms in total. The minimum absolute atomic E-state index is 0.0641. The first-order valence-electron chi connectivity index (χ1n) is 9.44. The van der Waals surface area contributed by atoms with Crippen molar-refractivity contribution < 1.29 is 9.72 Å². The summed E-state index contributed by atoms with van der Waals surface area (Å²) >= 11 is 0. The Labute approximate surface area is 164 Å². The highest BCUT2D eigenvalue weighted by Gasteiger charge is 2.15. The Morgan fingerprint density at radius 2 is 1.96 bits per heavy atom. The lowest BCUT2D eigenvalue weighted by atomic mass is 10.1. The van der Waals surface area contributed by atoms with Gasteiger partial charge in [-0.25, -0.2) is 5.43 Å². The molecule has 0 aromatic heterocycles. The molecule has 1 heterocycles. The average Bonchev–Trinajstić information content (AvgIpc) is 2.70. The third kappa shape index (κ3) is 4.94. The first-order chi connectivity index (χ1) is 13.5. The van der Waals surface area contributed by atoms with Crippen molar-refractivity contribution in [3.63, 3.8) is 0 Å². The van der Waals surface area contributed by atoms with Crippen LogP contribution in [0, 0.1) is 17.0 Å². The van der Waals surface area contributed by atoms with E-state index in [-0.39, 0.29) is 12.1 Å². The van der Waals surface area contributed by atoms with E-state index in [0.717, 1.165) is 24.2 Å². The van der Waals surface area contributed by atoms with Gasteiger partial charge in [0.25, 0.3) is 5.69 Å². The Morgan fingerprint density at radius 3 is 2.68 bits per heavy atom. The SMILES string of the molecule is Cc1cc(N2CCCCC2)ccc1C=NNC(=O)Cc1ccccc1[N+](=O)[O-]. The predicted octanol–water partition coefficient (Wildman–Crippen LogP) is 3.59. The fourth-order valence-corrected chi connectivity index (χ4v) is 3.38. The standard InChI is InChI=1S/C21H24N4O3/c1-16-13-19(24-11-5-2-6-12-24)10-9-18(16)15-22-23-21(26)14-17-7-3-4-8-20(17)25(27)28/h3-4,7-10,13,15H,2,5-6,11-12,14H2,1H3,(H,23,26). The number of anilines is 1. The summed E-state index contributed by atoms with van der Waals surface area (Å²) in [5, 5.41) is 15.0. The molecule has 1 N–H and O–H groups in total. The number of benzene rings is 2. The third-order valence-corrected chi connectivity index (χ3v) is 4.91. The van der Waals surface area contributed by atoms with Gasteiger partial charge in [0.1, 0.15) is 0 Å². The van der Waals surface area contributed by atoms with Gasteiger partial charge in [0.05, 0.1) is 17.6 Å². The van der Waals surface area contributed by atoms with Gasteiger partial charge in [-0.2, -0.15) is 5.10 Å². The number of nitro groups is 1. The van der Waals surface area contributed by atoms with Gasteiger partial charge >= 0.3 is 0 Å². The van der Waals surface area contributed by atoms with Crippen molar-refractivity contribution in [2.24, 2.45) is 5.10 Å². The topological polar surface area (TPSA) is 87.8 Å². The van der Waals surface area contributed by atoms with Crippen LogP contribution < -0.4 is 10.3 Å². The Hall–Kier alpha value is -3.22. The molecule has 1 aliphatic rings. The molecule has 0 atom stereocenters. The van der Waals surface area contributed by atoms with Crippen LogP contribution in [0.25, 0.3) is 0 Å². The molecule has 0 spiro atoms. The van der Waals surface area contributed by atoms with E-state index in [1.807, 2.05) is 13.0 Å². The zero-order valence-electron chi connectivity index (χ0n) is 15.9. The fourth-order valence-electron chi connectivity index (χ4n) is 3.38. The molecule has 1 saturated heterocycles. The lowest BCUT2D eigenvalue weighted by Gasteiger charge is -2.29. The molecule has 1 aliphatic heterocycles. The zero-order chi connectivity index (χ0) is 19.9. The van der Waals surface area contributed by atoms with E-state index >= 15 is 0 Å². The molecule has 0 bridgehead atoms. The number of hydrogen-bond donors (Lipinski definition) is 1. The molecule has 2 aromatic carbocycles. The number of carbonyl (C=O) groups excluding carboxylic acids is 1. The molecule has 2 aromatic rings. The highest BCUT2D eigenvalue weighted by atomic mass is 16.6. The minimum Gasteiger partial charge on any atom is -0.372 e. The van der Waals surface area contributed by atoms with Crippen LogP contribution in [-0.4, -0.2) is 30.1 Å². The molecule has 7 heteroatoms. The van der Waals surface area contributed by atoms with Crippen molar-refractivity contribution in [2.45, 2.75) is 32.6 Å². The summed E-state index contributed by atoms with van der Waals surface area (Å²) < 4.78 is 0. The van der Waals surface area contributed by atoms with Crippen molar-refractivity contribution in [2.75, 3.05) is 18.0 Å². The molecule has 0 saturated carbocycles. The molecular formula is C21H24N4O3. The number of piperidine rings is 1. The molecule has 1 amide bonds. The average molecular weight is 380 g/mol. The summed E-state index contributed by atoms with van der Waals surface area (Å²) in [5.74, 6) is -0.395. The highest BCUT2D eigenvalue weighted by molar-refractivity contribution is 5.85. The van der Waals surface area contributed by atoms with Crippen LogP contribution in [0.3, 0.4) is 0 Å². The summed E-state index contributed by atoms with van der Waals surface area (Å²) in [6.07, 6.45) is 5.27. The van der Waals surface area contributed by atoms with Crippen molar-refractivity contribution in [1.29, 1.82) is 0 Å². The van der Waals surface area contributed by atoms with Crippen LogP contribution in [0.4, 0.5) is 11.4 Å². The van der Waals surface area contributed by atoms with E-state index < -0.39 is 10.8 Å². The number of rotatable bonds is 6. The first kappa shape index (κ1) is 19.5. The number of hydrazone groups is 1. The quantitative estimate of drug-likeness (QED) is 0.471. The normalized spacial score (nSPS) is 14.2. The van der Waals surface area contributed by atoms with E-state index in [1.54, 1.807) is 24.4 Å². The van der Waals surface area contributed by atoms with E-state index in [1.165, 1.54) is 31.0 Å². The monoisotopic (exact) mass is 380 g/mol. The van der Waals surface area contributed by atoms with Crippen molar-refractivity contribution >= 4 is 23.5 Å². The Morgan fingerprint density at radius 1 is 1.21 bits per heavy atom. The van der Waals surface area contributed by atoms with Crippen LogP contribution >= 0.6 is 0 Å². The van der Waals surface area contributed by atoms with E-state index in [4.69, 9.17) is 0 Å². The van der Waals surface area contributed by atoms with Gasteiger partial charge in [0.15, 0.2) is 0 Å². The van der Waals surface area contributed by atoms with Gasteiger partial charge in [-0.15, -0.1) is 0 Å². The Balaban J connectivity index is 1.60. The lowest BCUT2D eigenvalue weighted by molar-refractivity contribution is -0.385. The van der Waals surface area contributed by atoms with Crippen LogP contribution in [0.1, 0.15) is 36.0 Å². The molecular weight excluding hydrogens is 356 g/mol. The molecule has 146 valence electrons. The maximum absolute atomic E-state index is 12.1. The van der Waals surface area contributed by atoms with Crippen LogP contribution in [0.5, 0.6) is 0 Å². The second-order valence-electron chi connectivity index (χ2n) is 6.94. The molecule has 0 aliphatic carbocycles. The Kier molecular flexibility index (Phi) is 6.37.